The molecule has 2 atom stereocenters. The summed E-state index contributed by atoms with van der Waals surface area (Å²) < 4.78 is 12.1. The summed E-state index contributed by atoms with van der Waals surface area (Å²) in [5.74, 6) is 2.65. The Morgan fingerprint density at radius 3 is 2.77 bits per heavy atom. The number of nitrogens with one attached hydrogen (secondary N) is 1. The number of fused-ring (bicyclic) bond motifs is 1. The minimum Gasteiger partial charge on any atom is -0.493 e. The van der Waals surface area contributed by atoms with Crippen molar-refractivity contribution in [2.24, 2.45) is 5.92 Å². The van der Waals surface area contributed by atoms with Crippen LogP contribution in [-0.2, 0) is 0 Å². The minimum absolute atomic E-state index is 0.104. The van der Waals surface area contributed by atoms with E-state index in [0.29, 0.717) is 18.6 Å². The zero-order valence-corrected chi connectivity index (χ0v) is 14.7. The van der Waals surface area contributed by atoms with Gasteiger partial charge in [-0.25, -0.2) is 0 Å². The van der Waals surface area contributed by atoms with Gasteiger partial charge < -0.3 is 14.8 Å². The van der Waals surface area contributed by atoms with Crippen LogP contribution >= 0.6 is 0 Å². The average Bonchev–Trinajstić information content (AvgIpc) is 2.47. The third kappa shape index (κ3) is 3.95. The van der Waals surface area contributed by atoms with Crippen LogP contribution in [0.25, 0.3) is 0 Å². The van der Waals surface area contributed by atoms with Crippen LogP contribution in [-0.4, -0.2) is 18.8 Å². The van der Waals surface area contributed by atoms with Crippen molar-refractivity contribution in [3.05, 3.63) is 23.8 Å². The molecule has 1 N–H and O–H groups in total. The molecule has 2 unspecified atom stereocenters. The smallest absolute Gasteiger partial charge is 0.128 e. The zero-order valence-electron chi connectivity index (χ0n) is 14.7. The van der Waals surface area contributed by atoms with Crippen LogP contribution < -0.4 is 14.8 Å². The van der Waals surface area contributed by atoms with Gasteiger partial charge in [0.25, 0.3) is 0 Å². The highest BCUT2D eigenvalue weighted by molar-refractivity contribution is 5.49. The fraction of sp³-hybridized carbons (Fsp3) is 0.684. The quantitative estimate of drug-likeness (QED) is 0.791. The van der Waals surface area contributed by atoms with Gasteiger partial charge in [-0.2, -0.15) is 0 Å². The first-order valence-electron chi connectivity index (χ1n) is 8.67. The lowest BCUT2D eigenvalue weighted by Crippen LogP contribution is -2.41. The van der Waals surface area contributed by atoms with Crippen LogP contribution in [0.15, 0.2) is 18.2 Å². The Kier molecular flexibility index (Phi) is 5.74. The van der Waals surface area contributed by atoms with Crippen LogP contribution in [0, 0.1) is 5.92 Å². The largest absolute Gasteiger partial charge is 0.493 e. The number of ether oxygens (including phenoxy) is 2. The van der Waals surface area contributed by atoms with Crippen LogP contribution in [0.2, 0.25) is 0 Å². The van der Waals surface area contributed by atoms with Gasteiger partial charge >= 0.3 is 0 Å². The first kappa shape index (κ1) is 17.1. The van der Waals surface area contributed by atoms with E-state index in [1.165, 1.54) is 12.0 Å². The molecule has 1 aromatic carbocycles. The van der Waals surface area contributed by atoms with Crippen LogP contribution in [0.5, 0.6) is 11.5 Å². The van der Waals surface area contributed by atoms with E-state index in [1.54, 1.807) is 0 Å². The second-order valence-corrected chi connectivity index (χ2v) is 6.90. The molecule has 1 aliphatic heterocycles. The molecule has 0 saturated heterocycles. The molecule has 0 bridgehead atoms. The summed E-state index contributed by atoms with van der Waals surface area (Å²) in [6.07, 6.45) is 3.18. The minimum atomic E-state index is -0.104. The van der Waals surface area contributed by atoms with Crippen molar-refractivity contribution in [2.75, 3.05) is 13.2 Å². The van der Waals surface area contributed by atoms with E-state index < -0.39 is 0 Å². The fourth-order valence-corrected chi connectivity index (χ4v) is 3.02. The molecule has 124 valence electrons. The number of rotatable bonds is 7. The van der Waals surface area contributed by atoms with Crippen molar-refractivity contribution < 1.29 is 9.47 Å². The molecule has 0 aromatic heterocycles. The summed E-state index contributed by atoms with van der Waals surface area (Å²) in [7, 11) is 0. The van der Waals surface area contributed by atoms with Gasteiger partial charge in [0.2, 0.25) is 0 Å². The van der Waals surface area contributed by atoms with E-state index in [-0.39, 0.29) is 5.60 Å². The molecule has 0 amide bonds. The molecule has 22 heavy (non-hydrogen) atoms. The molecule has 1 heterocycles. The maximum atomic E-state index is 6.29. The molecule has 0 saturated carbocycles. The average molecular weight is 305 g/mol. The highest BCUT2D eigenvalue weighted by Crippen LogP contribution is 2.45. The highest BCUT2D eigenvalue weighted by atomic mass is 16.5. The van der Waals surface area contributed by atoms with Crippen LogP contribution in [0.4, 0.5) is 0 Å². The van der Waals surface area contributed by atoms with Crippen molar-refractivity contribution >= 4 is 0 Å². The first-order valence-corrected chi connectivity index (χ1v) is 8.67. The monoisotopic (exact) mass is 305 g/mol. The maximum Gasteiger partial charge on any atom is 0.128 e. The Bertz CT molecular complexity index is 486. The van der Waals surface area contributed by atoms with Gasteiger partial charge in [-0.3, -0.25) is 0 Å². The molecule has 0 radical (unpaired) electrons. The standard InChI is InChI=1S/C19H31NO2/c1-6-19(5)13-15(20-12-11-14(3)4)18-16(21-7-2)9-8-10-17(18)22-19/h8-10,14-15,20H,6-7,11-13H2,1-5H3. The van der Waals surface area contributed by atoms with Crippen molar-refractivity contribution in [2.45, 2.75) is 65.5 Å². The zero-order chi connectivity index (χ0) is 16.2. The SMILES string of the molecule is CCOc1cccc2c1C(NCCC(C)C)CC(C)(CC)O2. The molecule has 3 nitrogen and oxygen atoms in total. The predicted molar refractivity (Wildman–Crippen MR) is 91.8 cm³/mol. The molecule has 1 aromatic rings. The fourth-order valence-electron chi connectivity index (χ4n) is 3.02. The van der Waals surface area contributed by atoms with Crippen molar-refractivity contribution in [1.29, 1.82) is 0 Å². The van der Waals surface area contributed by atoms with Gasteiger partial charge in [0.15, 0.2) is 0 Å². The molecule has 0 aliphatic carbocycles. The van der Waals surface area contributed by atoms with Gasteiger partial charge in [0.1, 0.15) is 17.1 Å². The Morgan fingerprint density at radius 2 is 2.14 bits per heavy atom. The summed E-state index contributed by atoms with van der Waals surface area (Å²) >= 11 is 0. The van der Waals surface area contributed by atoms with E-state index in [1.807, 2.05) is 13.0 Å². The van der Waals surface area contributed by atoms with E-state index in [2.05, 4.69) is 45.1 Å². The second-order valence-electron chi connectivity index (χ2n) is 6.90. The van der Waals surface area contributed by atoms with Gasteiger partial charge in [-0.15, -0.1) is 0 Å². The second kappa shape index (κ2) is 7.36. The molecule has 2 rings (SSSR count). The third-order valence-electron chi connectivity index (χ3n) is 4.53. The Balaban J connectivity index is 2.27. The summed E-state index contributed by atoms with van der Waals surface area (Å²) in [6.45, 7) is 12.7. The van der Waals surface area contributed by atoms with Crippen LogP contribution in [0.3, 0.4) is 0 Å². The summed E-state index contributed by atoms with van der Waals surface area (Å²) in [5, 5.41) is 3.74. The molecule has 3 heteroatoms. The lowest BCUT2D eigenvalue weighted by Gasteiger charge is -2.40. The maximum absolute atomic E-state index is 6.29. The van der Waals surface area contributed by atoms with Gasteiger partial charge in [-0.05, 0) is 51.3 Å². The van der Waals surface area contributed by atoms with E-state index >= 15 is 0 Å². The van der Waals surface area contributed by atoms with Crippen molar-refractivity contribution in [3.63, 3.8) is 0 Å². The normalized spacial score (nSPS) is 24.0. The highest BCUT2D eigenvalue weighted by Gasteiger charge is 2.37. The van der Waals surface area contributed by atoms with Crippen molar-refractivity contribution in [3.8, 4) is 11.5 Å². The molecule has 0 fully saturated rings. The summed E-state index contributed by atoms with van der Waals surface area (Å²) in [5.41, 5.74) is 1.09. The molecular weight excluding hydrogens is 274 g/mol. The Hall–Kier alpha value is -1.22. The number of hydrogen-bond donors (Lipinski definition) is 1. The summed E-state index contributed by atoms with van der Waals surface area (Å²) in [6, 6.07) is 6.45. The topological polar surface area (TPSA) is 30.5 Å². The Morgan fingerprint density at radius 1 is 1.36 bits per heavy atom. The van der Waals surface area contributed by atoms with Gasteiger partial charge in [0.05, 0.1) is 12.2 Å². The van der Waals surface area contributed by atoms with Crippen molar-refractivity contribution in [1.82, 2.24) is 5.32 Å². The van der Waals surface area contributed by atoms with Gasteiger partial charge in [0, 0.05) is 12.5 Å². The molecule has 1 aliphatic rings. The summed E-state index contributed by atoms with van der Waals surface area (Å²) in [4.78, 5) is 0. The first-order chi connectivity index (χ1) is 10.5. The van der Waals surface area contributed by atoms with E-state index in [4.69, 9.17) is 9.47 Å². The van der Waals surface area contributed by atoms with E-state index in [0.717, 1.165) is 30.9 Å². The lowest BCUT2D eigenvalue weighted by atomic mass is 9.86. The van der Waals surface area contributed by atoms with E-state index in [9.17, 15) is 0 Å². The Labute approximate surface area is 135 Å². The lowest BCUT2D eigenvalue weighted by molar-refractivity contribution is 0.0428. The van der Waals surface area contributed by atoms with Gasteiger partial charge in [-0.1, -0.05) is 26.8 Å². The molecular formula is C19H31NO2. The third-order valence-corrected chi connectivity index (χ3v) is 4.53. The molecule has 0 spiro atoms. The number of benzene rings is 1. The van der Waals surface area contributed by atoms with Crippen LogP contribution in [0.1, 0.15) is 65.5 Å². The number of hydrogen-bond acceptors (Lipinski definition) is 3. The predicted octanol–water partition coefficient (Wildman–Crippen LogP) is 4.71.